The summed E-state index contributed by atoms with van der Waals surface area (Å²) >= 11 is 13.0. The fraction of sp³-hybridized carbons (Fsp3) is 0.318. The third-order valence-electron chi connectivity index (χ3n) is 5.46. The van der Waals surface area contributed by atoms with Crippen LogP contribution in [0.3, 0.4) is 0 Å². The summed E-state index contributed by atoms with van der Waals surface area (Å²) in [4.78, 5) is 12.5. The van der Waals surface area contributed by atoms with E-state index >= 15 is 0 Å². The molecule has 32 heavy (non-hydrogen) atoms. The van der Waals surface area contributed by atoms with E-state index in [1.165, 1.54) is 6.08 Å². The molecule has 1 saturated carbocycles. The summed E-state index contributed by atoms with van der Waals surface area (Å²) in [5.41, 5.74) is 2.70. The fourth-order valence-corrected chi connectivity index (χ4v) is 7.90. The van der Waals surface area contributed by atoms with E-state index in [1.807, 2.05) is 24.3 Å². The summed E-state index contributed by atoms with van der Waals surface area (Å²) in [5, 5.41) is 9.39. The second-order valence-electron chi connectivity index (χ2n) is 7.91. The number of fused-ring (bicyclic) bond motifs is 1. The first-order valence-electron chi connectivity index (χ1n) is 10.4. The van der Waals surface area contributed by atoms with Crippen LogP contribution in [0.5, 0.6) is 0 Å². The van der Waals surface area contributed by atoms with Gasteiger partial charge in [-0.2, -0.15) is 0 Å². The molecule has 0 aliphatic heterocycles. The molecule has 2 aromatic carbocycles. The number of aliphatic carboxylic acids is 1. The Bertz CT molecular complexity index is 1230. The molecule has 6 nitrogen and oxygen atoms in total. The van der Waals surface area contributed by atoms with Crippen LogP contribution in [0.1, 0.15) is 39.0 Å². The van der Waals surface area contributed by atoms with Crippen molar-refractivity contribution in [1.82, 2.24) is 9.71 Å². The molecule has 3 N–H and O–H groups in total. The maximum atomic E-state index is 13.0. The van der Waals surface area contributed by atoms with Gasteiger partial charge in [-0.1, -0.05) is 0 Å². The number of nitrogens with one attached hydrogen (secondary N) is 2. The Morgan fingerprint density at radius 2 is 1.78 bits per heavy atom. The van der Waals surface area contributed by atoms with Gasteiger partial charge in [-0.15, -0.1) is 0 Å². The van der Waals surface area contributed by atoms with Crippen LogP contribution in [-0.2, 0) is 14.8 Å². The van der Waals surface area contributed by atoms with Crippen molar-refractivity contribution in [3.8, 4) is 11.3 Å². The molecule has 1 aromatic heterocycles. The summed E-state index contributed by atoms with van der Waals surface area (Å²) in [5.74, 6) is -0.833. The van der Waals surface area contributed by atoms with Crippen molar-refractivity contribution >= 4 is 98.7 Å². The standard InChI is InChI=1S/C20H19Cl2N2O2S.C2H4O2.K/c21-16-7-4-8-18-15(16)12-19(23-18)13-9-10-17(22)20(11-13)27(25,26)24-14-5-2-1-3-6-14;1-2(3)4;/h4,7-11,14,23-24H,1-3,5-6H2;1H3,(H,3,4);. The van der Waals surface area contributed by atoms with Crippen LogP contribution < -0.4 is 4.38 Å². The summed E-state index contributed by atoms with van der Waals surface area (Å²) < 4.78 is 30.0. The van der Waals surface area contributed by atoms with Gasteiger partial charge in [-0.3, -0.25) is 4.79 Å². The van der Waals surface area contributed by atoms with Crippen molar-refractivity contribution in [2.75, 3.05) is 0 Å². The van der Waals surface area contributed by atoms with Crippen molar-refractivity contribution in [2.24, 2.45) is 0 Å². The number of H-pyrrole nitrogens is 1. The van der Waals surface area contributed by atoms with E-state index in [2.05, 4.69) is 9.71 Å². The van der Waals surface area contributed by atoms with Gasteiger partial charge in [-0.25, -0.2) is 0 Å². The minimum atomic E-state index is -3.68. The van der Waals surface area contributed by atoms with Crippen LogP contribution >= 0.6 is 23.2 Å². The van der Waals surface area contributed by atoms with Crippen molar-refractivity contribution in [2.45, 2.75) is 50.0 Å². The summed E-state index contributed by atoms with van der Waals surface area (Å²) in [6.07, 6.45) is 5.04. The third-order valence-corrected chi connectivity index (χ3v) is 9.34. The minimum absolute atomic E-state index is 0.0120. The molecule has 0 amide bonds. The van der Waals surface area contributed by atoms with Crippen molar-refractivity contribution in [1.29, 1.82) is 0 Å². The average molecular weight is 522 g/mol. The molecule has 0 bridgehead atoms. The van der Waals surface area contributed by atoms with E-state index in [9.17, 15) is 8.42 Å². The summed E-state index contributed by atoms with van der Waals surface area (Å²) in [7, 11) is -3.68. The third kappa shape index (κ3) is 6.37. The first-order valence-corrected chi connectivity index (χ1v) is 14.2. The quantitative estimate of drug-likeness (QED) is 0.436. The Hall–Kier alpha value is -0.424. The number of aromatic amines is 1. The van der Waals surface area contributed by atoms with E-state index in [-0.39, 0.29) is 16.0 Å². The number of rotatable bonds is 4. The average Bonchev–Trinajstić information content (AvgIpc) is 3.06. The second kappa shape index (κ2) is 11.3. The number of aromatic nitrogens is 1. The van der Waals surface area contributed by atoms with E-state index in [1.54, 1.807) is 12.1 Å². The molecule has 1 aliphatic carbocycles. The monoisotopic (exact) mass is 520 g/mol. The Balaban J connectivity index is 0.000000668. The van der Waals surface area contributed by atoms with Gasteiger partial charge >= 0.3 is 212 Å². The molecule has 0 radical (unpaired) electrons. The molecule has 0 atom stereocenters. The van der Waals surface area contributed by atoms with Crippen molar-refractivity contribution in [3.63, 3.8) is 0 Å². The zero-order valence-electron chi connectivity index (χ0n) is 17.9. The van der Waals surface area contributed by atoms with Gasteiger partial charge in [0.1, 0.15) is 0 Å². The van der Waals surface area contributed by atoms with Gasteiger partial charge in [0.05, 0.1) is 0 Å². The van der Waals surface area contributed by atoms with Crippen LogP contribution in [0.15, 0.2) is 41.3 Å². The number of sulfonamides is 1. The van der Waals surface area contributed by atoms with Crippen molar-refractivity contribution < 1.29 is 18.3 Å². The molecule has 0 spiro atoms. The summed E-state index contributed by atoms with van der Waals surface area (Å²) in [6, 6.07) is 10.9. The Kier molecular flexibility index (Phi) is 9.28. The zero-order valence-corrected chi connectivity index (χ0v) is 23.4. The van der Waals surface area contributed by atoms with Crippen LogP contribution in [-0.4, -0.2) is 79.5 Å². The second-order valence-corrected chi connectivity index (χ2v) is 12.0. The number of carboxylic acid groups (broad SMARTS) is 1. The first-order chi connectivity index (χ1) is 15.1. The number of benzene rings is 2. The van der Waals surface area contributed by atoms with Crippen LogP contribution in [0.25, 0.3) is 22.2 Å². The molecule has 166 valence electrons. The molecule has 4 rings (SSSR count). The molecule has 3 aromatic rings. The predicted octanol–water partition coefficient (Wildman–Crippen LogP) is 4.64. The van der Waals surface area contributed by atoms with Crippen LogP contribution in [0.4, 0.5) is 0 Å². The number of hydrogen-bond donors (Lipinski definition) is 3. The maximum absolute atomic E-state index is 13.0. The van der Waals surface area contributed by atoms with E-state index < -0.39 is 16.0 Å². The molecular formula is C22H23Cl2KN2O4S. The van der Waals surface area contributed by atoms with Gasteiger partial charge < -0.3 is 5.11 Å². The molecule has 10 heteroatoms. The Morgan fingerprint density at radius 1 is 1.12 bits per heavy atom. The topological polar surface area (TPSA) is 99.3 Å². The molecule has 0 unspecified atom stereocenters. The number of halogens is 2. The van der Waals surface area contributed by atoms with E-state index in [0.29, 0.717) is 54.0 Å². The molecule has 1 fully saturated rings. The number of carboxylic acids is 1. The SMILES string of the molecule is CC(=O)O.O=S(=O)(NC1CCCCC1)c1cc(-c2[nH]c3cccc(Cl)c3[c]2[K])ccc1Cl. The van der Waals surface area contributed by atoms with Crippen LogP contribution in [0.2, 0.25) is 10.0 Å². The predicted molar refractivity (Wildman–Crippen MR) is 130 cm³/mol. The van der Waals surface area contributed by atoms with E-state index in [4.69, 9.17) is 33.1 Å². The van der Waals surface area contributed by atoms with E-state index in [0.717, 1.165) is 54.8 Å². The molecule has 1 heterocycles. The zero-order chi connectivity index (χ0) is 23.5. The van der Waals surface area contributed by atoms with Crippen molar-refractivity contribution in [3.05, 3.63) is 46.4 Å². The van der Waals surface area contributed by atoms with Gasteiger partial charge in [0.15, 0.2) is 0 Å². The van der Waals surface area contributed by atoms with Gasteiger partial charge in [-0.05, 0) is 0 Å². The summed E-state index contributed by atoms with van der Waals surface area (Å²) in [6.45, 7) is 1.08. The normalized spacial score (nSPS) is 14.8. The molecule has 1 aliphatic rings. The van der Waals surface area contributed by atoms with Gasteiger partial charge in [0.25, 0.3) is 5.97 Å². The Morgan fingerprint density at radius 3 is 2.41 bits per heavy atom. The van der Waals surface area contributed by atoms with Gasteiger partial charge in [0.2, 0.25) is 0 Å². The Labute approximate surface area is 231 Å². The first kappa shape index (κ1) is 26.2. The molecular weight excluding hydrogens is 498 g/mol. The van der Waals surface area contributed by atoms with Gasteiger partial charge in [0, 0.05) is 6.92 Å². The number of carbonyl (C=O) groups is 1. The fourth-order valence-electron chi connectivity index (χ4n) is 4.02. The number of hydrogen-bond acceptors (Lipinski definition) is 3. The molecule has 0 saturated heterocycles. The van der Waals surface area contributed by atoms with Crippen LogP contribution in [0, 0.1) is 0 Å².